The number of pyridine rings is 1. The number of nitrogens with one attached hydrogen (secondary N) is 1. The maximum atomic E-state index is 12.7. The van der Waals surface area contributed by atoms with Gasteiger partial charge in [-0.15, -0.1) is 0 Å². The van der Waals surface area contributed by atoms with Crippen molar-refractivity contribution in [2.75, 3.05) is 0 Å². The first kappa shape index (κ1) is 19.3. The normalized spacial score (nSPS) is 11.6. The van der Waals surface area contributed by atoms with Crippen LogP contribution in [0.15, 0.2) is 54.9 Å². The molecule has 8 nitrogen and oxygen atoms in total. The van der Waals surface area contributed by atoms with Gasteiger partial charge in [-0.05, 0) is 30.5 Å². The van der Waals surface area contributed by atoms with Crippen LogP contribution in [-0.2, 0) is 16.0 Å². The Hall–Kier alpha value is -3.46. The van der Waals surface area contributed by atoms with Crippen molar-refractivity contribution in [2.45, 2.75) is 18.9 Å². The molecule has 1 unspecified atom stereocenters. The second-order valence-corrected chi connectivity index (χ2v) is 6.51. The van der Waals surface area contributed by atoms with Gasteiger partial charge in [0.05, 0.1) is 17.8 Å². The molecule has 2 amide bonds. The van der Waals surface area contributed by atoms with E-state index >= 15 is 0 Å². The number of Topliss-reactive ketones (excluding diaryl/α,β-unsaturated/α-hetero) is 1. The van der Waals surface area contributed by atoms with Gasteiger partial charge in [0.1, 0.15) is 5.69 Å². The second kappa shape index (κ2) is 8.96. The minimum Gasteiger partial charge on any atom is -0.363 e. The number of ketones is 1. The number of nitrogens with two attached hydrogens (primary N) is 1. The predicted octanol–water partition coefficient (Wildman–Crippen LogP) is 1.39. The maximum Gasteiger partial charge on any atom is 0.287 e. The van der Waals surface area contributed by atoms with Gasteiger partial charge in [-0.3, -0.25) is 19.4 Å². The number of aromatic nitrogens is 3. The summed E-state index contributed by atoms with van der Waals surface area (Å²) < 4.78 is 8.17. The van der Waals surface area contributed by atoms with E-state index in [9.17, 15) is 14.4 Å². The lowest BCUT2D eigenvalue weighted by atomic mass is 10.0. The Morgan fingerprint density at radius 3 is 2.54 bits per heavy atom. The van der Waals surface area contributed by atoms with Gasteiger partial charge in [0.25, 0.3) is 11.8 Å². The van der Waals surface area contributed by atoms with Crippen molar-refractivity contribution in [1.29, 1.82) is 0 Å². The Morgan fingerprint density at radius 2 is 1.86 bits per heavy atom. The molecular weight excluding hydrogens is 378 g/mol. The molecule has 9 heteroatoms. The van der Waals surface area contributed by atoms with Crippen molar-refractivity contribution >= 4 is 29.3 Å². The lowest BCUT2D eigenvalue weighted by molar-refractivity contribution is -0.137. The average molecular weight is 395 g/mol. The smallest absolute Gasteiger partial charge is 0.287 e. The number of nitrogens with zero attached hydrogens (tertiary/aromatic N) is 3. The van der Waals surface area contributed by atoms with Crippen molar-refractivity contribution in [3.05, 3.63) is 66.1 Å². The molecule has 0 aliphatic carbocycles. The van der Waals surface area contributed by atoms with E-state index in [4.69, 9.17) is 5.73 Å². The molecule has 0 aliphatic heterocycles. The Balaban J connectivity index is 1.77. The molecule has 3 aromatic rings. The molecule has 0 radical (unpaired) electrons. The Labute approximate surface area is 165 Å². The first-order chi connectivity index (χ1) is 13.6. The molecule has 0 fully saturated rings. The van der Waals surface area contributed by atoms with Crippen LogP contribution >= 0.6 is 11.7 Å². The molecule has 2 heterocycles. The summed E-state index contributed by atoms with van der Waals surface area (Å²) in [6.45, 7) is 0. The summed E-state index contributed by atoms with van der Waals surface area (Å²) in [4.78, 5) is 40.3. The fourth-order valence-corrected chi connectivity index (χ4v) is 3.22. The van der Waals surface area contributed by atoms with Crippen LogP contribution in [0.25, 0.3) is 11.3 Å². The van der Waals surface area contributed by atoms with Crippen LogP contribution in [0.3, 0.4) is 0 Å². The molecule has 3 rings (SSSR count). The zero-order valence-corrected chi connectivity index (χ0v) is 15.6. The summed E-state index contributed by atoms with van der Waals surface area (Å²) in [5.41, 5.74) is 7.19. The van der Waals surface area contributed by atoms with Crippen LogP contribution in [-0.4, -0.2) is 37.4 Å². The third kappa shape index (κ3) is 4.63. The fourth-order valence-electron chi connectivity index (χ4n) is 2.65. The summed E-state index contributed by atoms with van der Waals surface area (Å²) in [6, 6.07) is 11.9. The Kier molecular flexibility index (Phi) is 6.18. The van der Waals surface area contributed by atoms with Crippen molar-refractivity contribution in [3.8, 4) is 11.3 Å². The molecule has 0 aliphatic rings. The summed E-state index contributed by atoms with van der Waals surface area (Å²) >= 11 is 0.876. The highest BCUT2D eigenvalue weighted by molar-refractivity contribution is 6.99. The van der Waals surface area contributed by atoms with E-state index in [1.807, 2.05) is 30.3 Å². The van der Waals surface area contributed by atoms with E-state index in [1.165, 1.54) is 0 Å². The molecule has 3 N–H and O–H groups in total. The van der Waals surface area contributed by atoms with Crippen LogP contribution in [0.5, 0.6) is 0 Å². The number of primary amides is 1. The van der Waals surface area contributed by atoms with Gasteiger partial charge in [0.15, 0.2) is 5.69 Å². The largest absolute Gasteiger partial charge is 0.363 e. The first-order valence-electron chi connectivity index (χ1n) is 8.47. The van der Waals surface area contributed by atoms with E-state index in [2.05, 4.69) is 19.0 Å². The van der Waals surface area contributed by atoms with Crippen molar-refractivity contribution < 1.29 is 14.4 Å². The van der Waals surface area contributed by atoms with Gasteiger partial charge < -0.3 is 11.1 Å². The zero-order chi connectivity index (χ0) is 19.9. The Morgan fingerprint density at radius 1 is 1.07 bits per heavy atom. The minimum absolute atomic E-state index is 0.0694. The third-order valence-corrected chi connectivity index (χ3v) is 4.60. The summed E-state index contributed by atoms with van der Waals surface area (Å²) in [5.74, 6) is -2.54. The third-order valence-electron chi connectivity index (χ3n) is 4.07. The second-order valence-electron chi connectivity index (χ2n) is 5.98. The number of carbonyl (C=O) groups is 3. The van der Waals surface area contributed by atoms with Crippen molar-refractivity contribution in [1.82, 2.24) is 19.0 Å². The molecular formula is C19H17N5O3S. The van der Waals surface area contributed by atoms with Crippen molar-refractivity contribution in [2.24, 2.45) is 5.73 Å². The molecule has 1 aromatic carbocycles. The molecule has 1 atom stereocenters. The van der Waals surface area contributed by atoms with Crippen LogP contribution in [0, 0.1) is 0 Å². The van der Waals surface area contributed by atoms with E-state index in [0.29, 0.717) is 17.7 Å². The monoisotopic (exact) mass is 395 g/mol. The SMILES string of the molecule is NC(=O)C(=O)C(CCc1ccccc1)NC(=O)c1nsnc1-c1cccnc1. The number of hydrogen-bond donors (Lipinski definition) is 2. The van der Waals surface area contributed by atoms with Gasteiger partial charge in [-0.1, -0.05) is 30.3 Å². The molecule has 0 saturated heterocycles. The number of carbonyl (C=O) groups excluding carboxylic acids is 3. The molecule has 0 spiro atoms. The van der Waals surface area contributed by atoms with Crippen LogP contribution in [0.4, 0.5) is 0 Å². The average Bonchev–Trinajstić information content (AvgIpc) is 3.22. The number of amides is 2. The number of rotatable bonds is 8. The highest BCUT2D eigenvalue weighted by atomic mass is 32.1. The predicted molar refractivity (Wildman–Crippen MR) is 103 cm³/mol. The number of benzene rings is 1. The molecule has 142 valence electrons. The highest BCUT2D eigenvalue weighted by Gasteiger charge is 2.27. The van der Waals surface area contributed by atoms with Crippen LogP contribution in [0.2, 0.25) is 0 Å². The summed E-state index contributed by atoms with van der Waals surface area (Å²) in [5, 5.41) is 2.58. The van der Waals surface area contributed by atoms with E-state index in [0.717, 1.165) is 17.3 Å². The summed E-state index contributed by atoms with van der Waals surface area (Å²) in [7, 11) is 0. The van der Waals surface area contributed by atoms with Crippen LogP contribution in [0.1, 0.15) is 22.5 Å². The lowest BCUT2D eigenvalue weighted by Crippen LogP contribution is -2.46. The topological polar surface area (TPSA) is 128 Å². The fraction of sp³-hybridized carbons (Fsp3) is 0.158. The van der Waals surface area contributed by atoms with Gasteiger partial charge in [-0.2, -0.15) is 8.75 Å². The Bertz CT molecular complexity index is 976. The number of hydrogen-bond acceptors (Lipinski definition) is 7. The van der Waals surface area contributed by atoms with E-state index in [1.54, 1.807) is 24.5 Å². The van der Waals surface area contributed by atoms with E-state index < -0.39 is 23.6 Å². The van der Waals surface area contributed by atoms with E-state index in [-0.39, 0.29) is 12.1 Å². The zero-order valence-electron chi connectivity index (χ0n) is 14.7. The maximum absolute atomic E-state index is 12.7. The molecule has 0 bridgehead atoms. The van der Waals surface area contributed by atoms with Gasteiger partial charge in [0, 0.05) is 18.0 Å². The van der Waals surface area contributed by atoms with Crippen molar-refractivity contribution in [3.63, 3.8) is 0 Å². The highest BCUT2D eigenvalue weighted by Crippen LogP contribution is 2.21. The molecule has 28 heavy (non-hydrogen) atoms. The molecule has 2 aromatic heterocycles. The summed E-state index contributed by atoms with van der Waals surface area (Å²) in [6.07, 6.45) is 3.90. The first-order valence-corrected chi connectivity index (χ1v) is 9.20. The standard InChI is InChI=1S/C19H17N5O3S/c20-18(26)17(25)14(9-8-12-5-2-1-3-6-12)22-19(27)16-15(23-28-24-16)13-7-4-10-21-11-13/h1-7,10-11,14H,8-9H2,(H2,20,26)(H,22,27). The van der Waals surface area contributed by atoms with Gasteiger partial charge in [-0.25, -0.2) is 0 Å². The quantitative estimate of drug-likeness (QED) is 0.555. The van der Waals surface area contributed by atoms with Gasteiger partial charge >= 0.3 is 0 Å². The lowest BCUT2D eigenvalue weighted by Gasteiger charge is -2.16. The van der Waals surface area contributed by atoms with Gasteiger partial charge in [0.2, 0.25) is 5.78 Å². The minimum atomic E-state index is -1.10. The molecule has 0 saturated carbocycles. The van der Waals surface area contributed by atoms with Crippen LogP contribution < -0.4 is 11.1 Å². The number of aryl methyl sites for hydroxylation is 1.